The molecule has 0 saturated heterocycles. The summed E-state index contributed by atoms with van der Waals surface area (Å²) in [5, 5.41) is -0.227. The quantitative estimate of drug-likeness (QED) is 0.710. The lowest BCUT2D eigenvalue weighted by Crippen LogP contribution is -2.34. The maximum atomic E-state index is 12.8. The van der Waals surface area contributed by atoms with Crippen LogP contribution in [0.5, 0.6) is 0 Å². The number of ether oxygens (including phenoxy) is 1. The third-order valence-corrected chi connectivity index (χ3v) is 6.64. The molecule has 2 rings (SSSR count). The van der Waals surface area contributed by atoms with Crippen LogP contribution in [-0.2, 0) is 19.6 Å². The van der Waals surface area contributed by atoms with Crippen LogP contribution in [0.1, 0.15) is 6.92 Å². The number of carbonyl (C=O) groups is 1. The summed E-state index contributed by atoms with van der Waals surface area (Å²) < 4.78 is 36.2. The molecule has 0 bridgehead atoms. The van der Waals surface area contributed by atoms with Gasteiger partial charge in [0.15, 0.2) is 5.58 Å². The van der Waals surface area contributed by atoms with Crippen molar-refractivity contribution >= 4 is 54.6 Å². The predicted molar refractivity (Wildman–Crippen MR) is 90.5 cm³/mol. The van der Waals surface area contributed by atoms with Gasteiger partial charge in [-0.3, -0.25) is 9.78 Å². The first kappa shape index (κ1) is 19.0. The molecule has 2 aromatic rings. The Balaban J connectivity index is 2.51. The molecule has 0 radical (unpaired) electrons. The highest BCUT2D eigenvalue weighted by Crippen LogP contribution is 2.37. The number of aromatic nitrogens is 1. The summed E-state index contributed by atoms with van der Waals surface area (Å²) >= 11 is 9.28. The van der Waals surface area contributed by atoms with Gasteiger partial charge in [0.05, 0.1) is 18.5 Å². The molecule has 24 heavy (non-hydrogen) atoms. The molecule has 0 spiro atoms. The average Bonchev–Trinajstić information content (AvgIpc) is 2.86. The van der Waals surface area contributed by atoms with Gasteiger partial charge in [-0.05, 0) is 22.0 Å². The Bertz CT molecular complexity index is 951. The zero-order chi connectivity index (χ0) is 18.2. The van der Waals surface area contributed by atoms with Gasteiger partial charge in [0, 0.05) is 18.1 Å². The number of halogens is 2. The van der Waals surface area contributed by atoms with E-state index in [2.05, 4.69) is 25.7 Å². The van der Waals surface area contributed by atoms with Crippen molar-refractivity contribution in [3.05, 3.63) is 26.1 Å². The van der Waals surface area contributed by atoms with Crippen LogP contribution in [0.2, 0.25) is 5.02 Å². The lowest BCUT2D eigenvalue weighted by Gasteiger charge is -2.21. The van der Waals surface area contributed by atoms with Crippen LogP contribution < -0.4 is 5.76 Å². The van der Waals surface area contributed by atoms with Gasteiger partial charge in [-0.2, -0.15) is 4.31 Å². The summed E-state index contributed by atoms with van der Waals surface area (Å²) in [4.78, 5) is 24.9. The Kier molecular flexibility index (Phi) is 5.43. The highest BCUT2D eigenvalue weighted by Gasteiger charge is 2.31. The first-order chi connectivity index (χ1) is 11.1. The number of rotatable bonds is 5. The molecule has 0 saturated carbocycles. The van der Waals surface area contributed by atoms with Gasteiger partial charge in [0.25, 0.3) is 0 Å². The SMILES string of the molecule is COC(=O)C(C)CN(C)S(=O)(=O)c1c(Br)cc2[nH]c(=O)oc2c1Cl. The minimum atomic E-state index is -4.05. The Morgan fingerprint density at radius 2 is 2.17 bits per heavy atom. The van der Waals surface area contributed by atoms with Crippen LogP contribution >= 0.6 is 27.5 Å². The number of hydrogen-bond donors (Lipinski definition) is 1. The van der Waals surface area contributed by atoms with E-state index < -0.39 is 27.7 Å². The van der Waals surface area contributed by atoms with E-state index in [1.54, 1.807) is 6.92 Å². The number of H-pyrrole nitrogens is 1. The summed E-state index contributed by atoms with van der Waals surface area (Å²) in [6.45, 7) is 1.44. The van der Waals surface area contributed by atoms with E-state index in [9.17, 15) is 18.0 Å². The second kappa shape index (κ2) is 6.87. The number of nitrogens with one attached hydrogen (secondary N) is 1. The summed E-state index contributed by atoms with van der Waals surface area (Å²) in [6.07, 6.45) is 0. The third kappa shape index (κ3) is 3.37. The van der Waals surface area contributed by atoms with Crippen molar-refractivity contribution in [3.63, 3.8) is 0 Å². The number of methoxy groups -OCH3 is 1. The number of hydrogen-bond acceptors (Lipinski definition) is 6. The standard InChI is InChI=1S/C13H14BrClN2O6S/c1-6(12(18)22-3)5-17(2)24(20,21)11-7(14)4-8-10(9(11)15)23-13(19)16-8/h4,6H,5H2,1-3H3,(H,16,19). The van der Waals surface area contributed by atoms with E-state index >= 15 is 0 Å². The lowest BCUT2D eigenvalue weighted by molar-refractivity contribution is -0.144. The molecule has 132 valence electrons. The molecule has 1 aromatic carbocycles. The number of nitrogens with zero attached hydrogens (tertiary/aromatic N) is 1. The van der Waals surface area contributed by atoms with E-state index in [-0.39, 0.29) is 32.0 Å². The smallest absolute Gasteiger partial charge is 0.417 e. The largest absolute Gasteiger partial charge is 0.469 e. The van der Waals surface area contributed by atoms with Crippen molar-refractivity contribution in [1.29, 1.82) is 0 Å². The fourth-order valence-electron chi connectivity index (χ4n) is 2.16. The molecule has 0 aliphatic heterocycles. The minimum absolute atomic E-state index is 0.0575. The van der Waals surface area contributed by atoms with Crippen molar-refractivity contribution in [2.24, 2.45) is 5.92 Å². The lowest BCUT2D eigenvalue weighted by atomic mass is 10.2. The molecule has 1 N–H and O–H groups in total. The van der Waals surface area contributed by atoms with E-state index in [1.807, 2.05) is 0 Å². The molecule has 1 heterocycles. The molecule has 11 heteroatoms. The average molecular weight is 442 g/mol. The summed E-state index contributed by atoms with van der Waals surface area (Å²) in [5.41, 5.74) is 0.208. The van der Waals surface area contributed by atoms with Gasteiger partial charge >= 0.3 is 11.7 Å². The van der Waals surface area contributed by atoms with Crippen LogP contribution in [0.3, 0.4) is 0 Å². The third-order valence-electron chi connectivity index (χ3n) is 3.37. The zero-order valence-electron chi connectivity index (χ0n) is 12.9. The number of sulfonamides is 1. The number of benzene rings is 1. The summed E-state index contributed by atoms with van der Waals surface area (Å²) in [5.74, 6) is -1.95. The van der Waals surface area contributed by atoms with Gasteiger partial charge in [0.2, 0.25) is 10.0 Å². The highest BCUT2D eigenvalue weighted by molar-refractivity contribution is 9.10. The van der Waals surface area contributed by atoms with Gasteiger partial charge in [-0.15, -0.1) is 0 Å². The fourth-order valence-corrected chi connectivity index (χ4v) is 5.20. The zero-order valence-corrected chi connectivity index (χ0v) is 16.1. The molecule has 0 aliphatic rings. The van der Waals surface area contributed by atoms with Gasteiger partial charge in [0.1, 0.15) is 9.92 Å². The topological polar surface area (TPSA) is 110 Å². The normalized spacial score (nSPS) is 13.4. The second-order valence-electron chi connectivity index (χ2n) is 5.10. The van der Waals surface area contributed by atoms with Crippen LogP contribution in [0.25, 0.3) is 11.1 Å². The molecule has 1 atom stereocenters. The van der Waals surface area contributed by atoms with Crippen LogP contribution in [0, 0.1) is 5.92 Å². The maximum absolute atomic E-state index is 12.8. The Morgan fingerprint density at radius 1 is 1.54 bits per heavy atom. The number of esters is 1. The summed E-state index contributed by atoms with van der Waals surface area (Å²) in [7, 11) is -1.51. The van der Waals surface area contributed by atoms with Crippen molar-refractivity contribution in [2.75, 3.05) is 20.7 Å². The van der Waals surface area contributed by atoms with E-state index in [0.717, 1.165) is 4.31 Å². The van der Waals surface area contributed by atoms with Crippen molar-refractivity contribution in [1.82, 2.24) is 9.29 Å². The maximum Gasteiger partial charge on any atom is 0.417 e. The molecule has 0 aliphatic carbocycles. The Morgan fingerprint density at radius 3 is 2.75 bits per heavy atom. The summed E-state index contributed by atoms with van der Waals surface area (Å²) in [6, 6.07) is 1.39. The molecule has 1 aromatic heterocycles. The van der Waals surface area contributed by atoms with Crippen molar-refractivity contribution < 1.29 is 22.4 Å². The van der Waals surface area contributed by atoms with Crippen LogP contribution in [0.15, 0.2) is 24.6 Å². The fraction of sp³-hybridized carbons (Fsp3) is 0.385. The van der Waals surface area contributed by atoms with Crippen LogP contribution in [-0.4, -0.2) is 44.4 Å². The minimum Gasteiger partial charge on any atom is -0.469 e. The number of carbonyl (C=O) groups excluding carboxylic acids is 1. The van der Waals surface area contributed by atoms with E-state index in [1.165, 1.54) is 20.2 Å². The van der Waals surface area contributed by atoms with Crippen LogP contribution in [0.4, 0.5) is 0 Å². The molecular weight excluding hydrogens is 428 g/mol. The van der Waals surface area contributed by atoms with Gasteiger partial charge < -0.3 is 9.15 Å². The first-order valence-electron chi connectivity index (χ1n) is 6.64. The monoisotopic (exact) mass is 440 g/mol. The first-order valence-corrected chi connectivity index (χ1v) is 9.25. The number of fused-ring (bicyclic) bond motifs is 1. The highest BCUT2D eigenvalue weighted by atomic mass is 79.9. The number of aromatic amines is 1. The molecule has 1 unspecified atom stereocenters. The second-order valence-corrected chi connectivity index (χ2v) is 8.32. The molecular formula is C13H14BrClN2O6S. The molecule has 0 fully saturated rings. The van der Waals surface area contributed by atoms with Crippen molar-refractivity contribution in [3.8, 4) is 0 Å². The molecule has 0 amide bonds. The predicted octanol–water partition coefficient (Wildman–Crippen LogP) is 1.97. The van der Waals surface area contributed by atoms with E-state index in [0.29, 0.717) is 0 Å². The number of oxazole rings is 1. The molecule has 8 nitrogen and oxygen atoms in total. The Hall–Kier alpha value is -1.36. The Labute approximate surface area is 150 Å². The van der Waals surface area contributed by atoms with E-state index in [4.69, 9.17) is 16.0 Å². The van der Waals surface area contributed by atoms with Crippen molar-refractivity contribution in [2.45, 2.75) is 11.8 Å². The van der Waals surface area contributed by atoms with Gasteiger partial charge in [-0.1, -0.05) is 18.5 Å². The van der Waals surface area contributed by atoms with Gasteiger partial charge in [-0.25, -0.2) is 13.2 Å².